The van der Waals surface area contributed by atoms with E-state index in [1.165, 1.54) is 11.8 Å². The molecule has 162 valence electrons. The summed E-state index contributed by atoms with van der Waals surface area (Å²) in [5.74, 6) is -0.677. The van der Waals surface area contributed by atoms with E-state index in [-0.39, 0.29) is 23.1 Å². The number of nitrogens with zero attached hydrogens (tertiary/aromatic N) is 2. The predicted molar refractivity (Wildman–Crippen MR) is 126 cm³/mol. The van der Waals surface area contributed by atoms with E-state index in [2.05, 4.69) is 27.8 Å². The second-order valence-corrected chi connectivity index (χ2v) is 11.3. The van der Waals surface area contributed by atoms with Gasteiger partial charge in [0.25, 0.3) is 5.91 Å². The zero-order valence-electron chi connectivity index (χ0n) is 17.3. The highest BCUT2D eigenvalue weighted by atomic mass is 79.9. The Balaban J connectivity index is 1.71. The van der Waals surface area contributed by atoms with Crippen LogP contribution in [0.1, 0.15) is 45.6 Å². The van der Waals surface area contributed by atoms with Crippen molar-refractivity contribution in [2.45, 2.75) is 67.3 Å². The van der Waals surface area contributed by atoms with Gasteiger partial charge in [-0.05, 0) is 47.8 Å². The molecule has 0 aliphatic carbocycles. The Bertz CT molecular complexity index is 861. The number of unbranched alkanes of at least 4 members (excludes halogenated alkanes) is 2. The fourth-order valence-electron chi connectivity index (χ4n) is 3.59. The number of fused-ring (bicyclic) bond motifs is 1. The molecular formula is C22H26BrClN2O3S. The van der Waals surface area contributed by atoms with Crippen molar-refractivity contribution in [3.63, 3.8) is 0 Å². The Hall–Kier alpha value is -1.31. The van der Waals surface area contributed by atoms with Crippen LogP contribution >= 0.6 is 39.3 Å². The van der Waals surface area contributed by atoms with Crippen LogP contribution in [0.2, 0.25) is 0 Å². The molecule has 2 heterocycles. The maximum absolute atomic E-state index is 13.0. The molecule has 1 aromatic carbocycles. The number of carbonyl (C=O) groups is 2. The number of hydrogen-bond donors (Lipinski definition) is 0. The first-order valence-corrected chi connectivity index (χ1v) is 12.1. The number of hydrogen-bond acceptors (Lipinski definition) is 5. The first-order valence-electron chi connectivity index (χ1n) is 10.0. The van der Waals surface area contributed by atoms with Crippen molar-refractivity contribution < 1.29 is 14.3 Å². The van der Waals surface area contributed by atoms with Crippen molar-refractivity contribution in [2.24, 2.45) is 4.99 Å². The minimum absolute atomic E-state index is 0.176. The lowest BCUT2D eigenvalue weighted by Gasteiger charge is -2.47. The van der Waals surface area contributed by atoms with Gasteiger partial charge in [0.2, 0.25) is 4.45 Å². The molecular weight excluding hydrogens is 488 g/mol. The number of halogens is 2. The third-order valence-electron chi connectivity index (χ3n) is 5.16. The maximum Gasteiger partial charge on any atom is 0.330 e. The molecule has 0 radical (unpaired) electrons. The van der Waals surface area contributed by atoms with Crippen LogP contribution in [0.5, 0.6) is 0 Å². The van der Waals surface area contributed by atoms with E-state index in [4.69, 9.17) is 16.3 Å². The number of carbonyl (C=O) groups excluding carboxylic acids is 2. The summed E-state index contributed by atoms with van der Waals surface area (Å²) in [6.07, 6.45) is 6.78. The minimum atomic E-state index is -1.16. The Morgan fingerprint density at radius 2 is 2.07 bits per heavy atom. The highest BCUT2D eigenvalue weighted by Gasteiger charge is 2.71. The molecule has 0 spiro atoms. The molecule has 8 heteroatoms. The molecule has 2 saturated heterocycles. The minimum Gasteiger partial charge on any atom is -0.459 e. The summed E-state index contributed by atoms with van der Waals surface area (Å²) in [5.41, 5.74) is 0.905. The highest BCUT2D eigenvalue weighted by Crippen LogP contribution is 2.58. The molecule has 5 nitrogen and oxygen atoms in total. The van der Waals surface area contributed by atoms with Crippen LogP contribution in [0.25, 0.3) is 0 Å². The smallest absolute Gasteiger partial charge is 0.330 e. The van der Waals surface area contributed by atoms with Crippen LogP contribution in [0.3, 0.4) is 0 Å². The van der Waals surface area contributed by atoms with Gasteiger partial charge in [-0.15, -0.1) is 11.8 Å². The summed E-state index contributed by atoms with van der Waals surface area (Å²) in [6, 6.07) is 8.81. The van der Waals surface area contributed by atoms with Crippen LogP contribution in [-0.2, 0) is 20.9 Å². The lowest BCUT2D eigenvalue weighted by atomic mass is 9.96. The first kappa shape index (κ1) is 23.4. The molecule has 2 aliphatic rings. The Labute approximate surface area is 195 Å². The van der Waals surface area contributed by atoms with Crippen LogP contribution in [0, 0.1) is 0 Å². The predicted octanol–water partition coefficient (Wildman–Crippen LogP) is 5.27. The van der Waals surface area contributed by atoms with Crippen molar-refractivity contribution in [2.75, 3.05) is 0 Å². The Kier molecular flexibility index (Phi) is 7.36. The molecule has 2 aliphatic heterocycles. The van der Waals surface area contributed by atoms with E-state index in [0.29, 0.717) is 0 Å². The lowest BCUT2D eigenvalue weighted by molar-refractivity contribution is -0.164. The number of β-lactam (4-membered cyclic amide) rings is 1. The normalized spacial score (nSPS) is 27.8. The molecule has 0 saturated carbocycles. The molecule has 30 heavy (non-hydrogen) atoms. The van der Waals surface area contributed by atoms with Gasteiger partial charge in [0.05, 0.1) is 0 Å². The number of allylic oxidation sites excluding steroid dienone is 2. The summed E-state index contributed by atoms with van der Waals surface area (Å²) in [5, 5.41) is -0.0587. The number of rotatable bonds is 8. The van der Waals surface area contributed by atoms with E-state index in [0.717, 1.165) is 24.8 Å². The van der Waals surface area contributed by atoms with Crippen molar-refractivity contribution in [3.05, 3.63) is 48.0 Å². The van der Waals surface area contributed by atoms with Crippen molar-refractivity contribution in [3.8, 4) is 0 Å². The van der Waals surface area contributed by atoms with Gasteiger partial charge >= 0.3 is 5.97 Å². The van der Waals surface area contributed by atoms with Gasteiger partial charge in [-0.25, -0.2) is 9.79 Å². The maximum atomic E-state index is 13.0. The van der Waals surface area contributed by atoms with E-state index in [1.54, 1.807) is 11.0 Å². The third-order valence-corrected chi connectivity index (χ3v) is 8.25. The second-order valence-electron chi connectivity index (χ2n) is 7.93. The lowest BCUT2D eigenvalue weighted by Crippen LogP contribution is -2.70. The van der Waals surface area contributed by atoms with E-state index < -0.39 is 21.2 Å². The number of aliphatic imine (C=N–C) groups is 1. The van der Waals surface area contributed by atoms with Gasteiger partial charge in [0.1, 0.15) is 23.2 Å². The Morgan fingerprint density at radius 1 is 1.37 bits per heavy atom. The van der Waals surface area contributed by atoms with Gasteiger partial charge in [0, 0.05) is 4.75 Å². The average Bonchev–Trinajstić information content (AvgIpc) is 2.99. The van der Waals surface area contributed by atoms with Gasteiger partial charge in [0.15, 0.2) is 0 Å². The van der Waals surface area contributed by atoms with Crippen molar-refractivity contribution in [1.29, 1.82) is 0 Å². The zero-order valence-corrected chi connectivity index (χ0v) is 20.5. The fraction of sp³-hybridized carbons (Fsp3) is 0.500. The van der Waals surface area contributed by atoms with Crippen LogP contribution in [-0.4, -0.2) is 42.6 Å². The van der Waals surface area contributed by atoms with Gasteiger partial charge in [-0.1, -0.05) is 67.8 Å². The summed E-state index contributed by atoms with van der Waals surface area (Å²) in [4.78, 5) is 31.9. The number of amides is 1. The van der Waals surface area contributed by atoms with Crippen molar-refractivity contribution >= 4 is 56.3 Å². The van der Waals surface area contributed by atoms with Crippen LogP contribution in [0.15, 0.2) is 47.5 Å². The highest BCUT2D eigenvalue weighted by molar-refractivity contribution is 9.10. The first-order chi connectivity index (χ1) is 14.2. The molecule has 2 fully saturated rings. The standard InChI is InChI=1S/C22H26BrClN2O3S/c1-4-5-6-10-13-16(24)25-22(23)19(28)26-17(21(2,3)30-20(22)26)18(27)29-14-15-11-8-7-9-12-15/h7-13,17,20H,4-6,14H2,1-3H3/b13-10+,25-16-/t17-,20+,22?/m0/s1. The van der Waals surface area contributed by atoms with Crippen molar-refractivity contribution in [1.82, 2.24) is 4.90 Å². The van der Waals surface area contributed by atoms with E-state index in [1.807, 2.05) is 50.3 Å². The number of thioether (sulfide) groups is 1. The zero-order chi connectivity index (χ0) is 21.9. The van der Waals surface area contributed by atoms with Gasteiger partial charge < -0.3 is 9.64 Å². The largest absolute Gasteiger partial charge is 0.459 e. The third kappa shape index (κ3) is 4.63. The number of ether oxygens (including phenoxy) is 1. The number of esters is 1. The summed E-state index contributed by atoms with van der Waals surface area (Å²) >= 11 is 11.3. The molecule has 0 N–H and O–H groups in total. The second kappa shape index (κ2) is 9.45. The van der Waals surface area contributed by atoms with Gasteiger partial charge in [-0.2, -0.15) is 0 Å². The molecule has 3 atom stereocenters. The summed E-state index contributed by atoms with van der Waals surface area (Å²) in [7, 11) is 0. The molecule has 3 rings (SSSR count). The van der Waals surface area contributed by atoms with Gasteiger partial charge in [-0.3, -0.25) is 4.79 Å². The van der Waals surface area contributed by atoms with E-state index in [9.17, 15) is 9.59 Å². The monoisotopic (exact) mass is 512 g/mol. The molecule has 1 aromatic rings. The number of benzene rings is 1. The van der Waals surface area contributed by atoms with E-state index >= 15 is 0 Å². The quantitative estimate of drug-likeness (QED) is 0.119. The van der Waals surface area contributed by atoms with Crippen LogP contribution < -0.4 is 0 Å². The number of alkyl halides is 1. The SMILES string of the molecule is CCCC/C=C/C(Cl)=N/C1(Br)C(=O)N2[C@@H](C(=O)OCc3ccccc3)C(C)(C)S[C@@H]21. The molecule has 1 amide bonds. The Morgan fingerprint density at radius 3 is 2.73 bits per heavy atom. The fourth-order valence-corrected chi connectivity index (χ4v) is 6.37. The molecule has 1 unspecified atom stereocenters. The van der Waals surface area contributed by atoms with Crippen LogP contribution in [0.4, 0.5) is 0 Å². The summed E-state index contributed by atoms with van der Waals surface area (Å²) < 4.78 is 3.87. The topological polar surface area (TPSA) is 59.0 Å². The average molecular weight is 514 g/mol. The summed E-state index contributed by atoms with van der Waals surface area (Å²) in [6.45, 7) is 6.19. The molecule has 0 bridgehead atoms. The molecule has 0 aromatic heterocycles.